The number of aryl methyl sites for hydroxylation is 2. The third kappa shape index (κ3) is 4.53. The quantitative estimate of drug-likeness (QED) is 0.857. The van der Waals surface area contributed by atoms with Crippen LogP contribution in [0, 0.1) is 19.8 Å². The Hall–Kier alpha value is -2.11. The van der Waals surface area contributed by atoms with Gasteiger partial charge in [0.05, 0.1) is 5.92 Å². The Labute approximate surface area is 118 Å². The summed E-state index contributed by atoms with van der Waals surface area (Å²) in [4.78, 5) is 28.2. The molecule has 0 aromatic carbocycles. The first kappa shape index (κ1) is 15.9. The summed E-state index contributed by atoms with van der Waals surface area (Å²) < 4.78 is 0. The summed E-state index contributed by atoms with van der Waals surface area (Å²) in [7, 11) is 1.58. The van der Waals surface area contributed by atoms with Crippen molar-refractivity contribution in [2.75, 3.05) is 13.6 Å². The van der Waals surface area contributed by atoms with Crippen LogP contribution >= 0.6 is 0 Å². The van der Waals surface area contributed by atoms with E-state index in [1.807, 2.05) is 19.9 Å². The summed E-state index contributed by atoms with van der Waals surface area (Å²) in [6.45, 7) is 6.00. The first-order chi connectivity index (χ1) is 9.31. The highest BCUT2D eigenvalue weighted by Crippen LogP contribution is 2.07. The second-order valence-electron chi connectivity index (χ2n) is 5.03. The molecule has 6 heteroatoms. The number of nitrogens with zero attached hydrogens (tertiary/aromatic N) is 2. The second kappa shape index (κ2) is 6.88. The van der Waals surface area contributed by atoms with Crippen LogP contribution < -0.4 is 5.32 Å². The maximum Gasteiger partial charge on any atom is 0.317 e. The molecule has 1 atom stereocenters. The Morgan fingerprint density at radius 3 is 2.65 bits per heavy atom. The van der Waals surface area contributed by atoms with Gasteiger partial charge < -0.3 is 15.3 Å². The van der Waals surface area contributed by atoms with Crippen molar-refractivity contribution in [1.82, 2.24) is 15.2 Å². The molecule has 0 aliphatic rings. The van der Waals surface area contributed by atoms with Gasteiger partial charge in [0, 0.05) is 32.0 Å². The van der Waals surface area contributed by atoms with Crippen LogP contribution in [0.2, 0.25) is 0 Å². The lowest BCUT2D eigenvalue weighted by Crippen LogP contribution is -2.40. The lowest BCUT2D eigenvalue weighted by atomic mass is 10.1. The molecular formula is C14H21N3O3. The van der Waals surface area contributed by atoms with E-state index in [1.54, 1.807) is 20.2 Å². The van der Waals surface area contributed by atoms with Crippen LogP contribution in [0.15, 0.2) is 12.3 Å². The molecule has 1 unspecified atom stereocenters. The highest BCUT2D eigenvalue weighted by atomic mass is 16.4. The molecule has 1 rings (SSSR count). The predicted molar refractivity (Wildman–Crippen MR) is 75.4 cm³/mol. The van der Waals surface area contributed by atoms with E-state index in [2.05, 4.69) is 10.3 Å². The molecular weight excluding hydrogens is 258 g/mol. The second-order valence-corrected chi connectivity index (χ2v) is 5.03. The van der Waals surface area contributed by atoms with Gasteiger partial charge in [-0.05, 0) is 31.0 Å². The van der Waals surface area contributed by atoms with Gasteiger partial charge in [0.25, 0.3) is 0 Å². The van der Waals surface area contributed by atoms with Crippen molar-refractivity contribution in [3.05, 3.63) is 29.1 Å². The number of hydrogen-bond acceptors (Lipinski definition) is 3. The van der Waals surface area contributed by atoms with Gasteiger partial charge >= 0.3 is 12.0 Å². The molecule has 20 heavy (non-hydrogen) atoms. The van der Waals surface area contributed by atoms with Gasteiger partial charge in [-0.25, -0.2) is 4.79 Å². The number of nitrogens with one attached hydrogen (secondary N) is 1. The molecule has 0 spiro atoms. The van der Waals surface area contributed by atoms with Crippen LogP contribution in [0.4, 0.5) is 4.79 Å². The minimum Gasteiger partial charge on any atom is -0.481 e. The molecule has 0 fully saturated rings. The summed E-state index contributed by atoms with van der Waals surface area (Å²) >= 11 is 0. The summed E-state index contributed by atoms with van der Waals surface area (Å²) in [5.41, 5.74) is 2.95. The number of urea groups is 1. The van der Waals surface area contributed by atoms with Crippen LogP contribution in [0.25, 0.3) is 0 Å². The summed E-state index contributed by atoms with van der Waals surface area (Å²) in [5.74, 6) is -1.50. The zero-order valence-corrected chi connectivity index (χ0v) is 12.3. The standard InChI is InChI=1S/C14H21N3O3/c1-9-5-11(3)15-6-12(9)7-16-14(20)17(4)8-10(2)13(18)19/h5-6,10H,7-8H2,1-4H3,(H,16,20)(H,18,19). The number of pyridine rings is 1. The molecule has 2 amide bonds. The number of aliphatic carboxylic acids is 1. The van der Waals surface area contributed by atoms with Gasteiger partial charge in [0.2, 0.25) is 0 Å². The van der Waals surface area contributed by atoms with Crippen molar-refractivity contribution in [2.24, 2.45) is 5.92 Å². The van der Waals surface area contributed by atoms with Gasteiger partial charge in [-0.3, -0.25) is 9.78 Å². The molecule has 1 aromatic heterocycles. The third-order valence-electron chi connectivity index (χ3n) is 3.10. The zero-order chi connectivity index (χ0) is 15.3. The van der Waals surface area contributed by atoms with Crippen LogP contribution in [0.5, 0.6) is 0 Å². The van der Waals surface area contributed by atoms with E-state index in [4.69, 9.17) is 5.11 Å². The van der Waals surface area contributed by atoms with Crippen molar-refractivity contribution in [3.63, 3.8) is 0 Å². The van der Waals surface area contributed by atoms with Crippen molar-refractivity contribution in [1.29, 1.82) is 0 Å². The monoisotopic (exact) mass is 279 g/mol. The number of rotatable bonds is 5. The molecule has 0 radical (unpaired) electrons. The van der Waals surface area contributed by atoms with Crippen molar-refractivity contribution >= 4 is 12.0 Å². The van der Waals surface area contributed by atoms with Gasteiger partial charge in [0.1, 0.15) is 0 Å². The highest BCUT2D eigenvalue weighted by molar-refractivity contribution is 5.75. The molecule has 110 valence electrons. The lowest BCUT2D eigenvalue weighted by Gasteiger charge is -2.20. The molecule has 0 aliphatic carbocycles. The average Bonchev–Trinajstić information content (AvgIpc) is 2.37. The van der Waals surface area contributed by atoms with E-state index in [-0.39, 0.29) is 12.6 Å². The topological polar surface area (TPSA) is 82.5 Å². The molecule has 2 N–H and O–H groups in total. The average molecular weight is 279 g/mol. The van der Waals surface area contributed by atoms with Gasteiger partial charge in [-0.2, -0.15) is 0 Å². The first-order valence-electron chi connectivity index (χ1n) is 6.45. The number of carboxylic acid groups (broad SMARTS) is 1. The summed E-state index contributed by atoms with van der Waals surface area (Å²) in [5, 5.41) is 11.6. The van der Waals surface area contributed by atoms with Crippen LogP contribution in [0.1, 0.15) is 23.7 Å². The Morgan fingerprint density at radius 2 is 2.10 bits per heavy atom. The molecule has 0 saturated heterocycles. The Balaban J connectivity index is 2.52. The number of carboxylic acids is 1. The van der Waals surface area contributed by atoms with Crippen molar-refractivity contribution in [3.8, 4) is 0 Å². The highest BCUT2D eigenvalue weighted by Gasteiger charge is 2.17. The largest absolute Gasteiger partial charge is 0.481 e. The van der Waals surface area contributed by atoms with E-state index in [0.717, 1.165) is 16.8 Å². The van der Waals surface area contributed by atoms with Gasteiger partial charge in [-0.15, -0.1) is 0 Å². The smallest absolute Gasteiger partial charge is 0.317 e. The fourth-order valence-corrected chi connectivity index (χ4v) is 1.79. The third-order valence-corrected chi connectivity index (χ3v) is 3.10. The SMILES string of the molecule is Cc1cc(C)c(CNC(=O)N(C)CC(C)C(=O)O)cn1. The van der Waals surface area contributed by atoms with E-state index >= 15 is 0 Å². The predicted octanol–water partition coefficient (Wildman–Crippen LogP) is 1.56. The Morgan fingerprint density at radius 1 is 1.45 bits per heavy atom. The summed E-state index contributed by atoms with van der Waals surface area (Å²) in [6, 6.07) is 1.66. The lowest BCUT2D eigenvalue weighted by molar-refractivity contribution is -0.141. The number of carbonyl (C=O) groups is 2. The fraction of sp³-hybridized carbons (Fsp3) is 0.500. The molecule has 1 heterocycles. The maximum atomic E-state index is 11.9. The Bertz CT molecular complexity index is 502. The van der Waals surface area contributed by atoms with Crippen LogP contribution in [0.3, 0.4) is 0 Å². The molecule has 0 aliphatic heterocycles. The first-order valence-corrected chi connectivity index (χ1v) is 6.45. The van der Waals surface area contributed by atoms with E-state index in [9.17, 15) is 9.59 Å². The van der Waals surface area contributed by atoms with Crippen LogP contribution in [-0.2, 0) is 11.3 Å². The number of amides is 2. The van der Waals surface area contributed by atoms with E-state index in [0.29, 0.717) is 6.54 Å². The zero-order valence-electron chi connectivity index (χ0n) is 12.3. The molecule has 1 aromatic rings. The number of hydrogen-bond donors (Lipinski definition) is 2. The summed E-state index contributed by atoms with van der Waals surface area (Å²) in [6.07, 6.45) is 1.74. The normalized spacial score (nSPS) is 11.8. The molecule has 6 nitrogen and oxygen atoms in total. The number of aromatic nitrogens is 1. The van der Waals surface area contributed by atoms with E-state index < -0.39 is 11.9 Å². The molecule has 0 saturated carbocycles. The molecule has 0 bridgehead atoms. The van der Waals surface area contributed by atoms with Gasteiger partial charge in [0.15, 0.2) is 0 Å². The fourth-order valence-electron chi connectivity index (χ4n) is 1.79. The van der Waals surface area contributed by atoms with Crippen LogP contribution in [-0.4, -0.2) is 40.6 Å². The minimum absolute atomic E-state index is 0.173. The Kier molecular flexibility index (Phi) is 5.49. The van der Waals surface area contributed by atoms with Gasteiger partial charge in [-0.1, -0.05) is 6.92 Å². The number of carbonyl (C=O) groups excluding carboxylic acids is 1. The minimum atomic E-state index is -0.914. The van der Waals surface area contributed by atoms with Crippen molar-refractivity contribution < 1.29 is 14.7 Å². The van der Waals surface area contributed by atoms with E-state index in [1.165, 1.54) is 4.90 Å². The van der Waals surface area contributed by atoms with Crippen molar-refractivity contribution in [2.45, 2.75) is 27.3 Å². The maximum absolute atomic E-state index is 11.9.